The van der Waals surface area contributed by atoms with Crippen molar-refractivity contribution in [3.8, 4) is 0 Å². The SMILES string of the molecule is Cc1csc(NC(=O)[C@H]2CCCN(S(=O)(=O)c3c(C)noc3/C=C/c3ccccc3F)C2)n1. The molecule has 1 N–H and O–H groups in total. The molecule has 0 radical (unpaired) electrons. The first-order chi connectivity index (χ1) is 15.8. The first-order valence-electron chi connectivity index (χ1n) is 10.4. The van der Waals surface area contributed by atoms with Crippen LogP contribution in [0.15, 0.2) is 39.1 Å². The smallest absolute Gasteiger partial charge is 0.248 e. The highest BCUT2D eigenvalue weighted by molar-refractivity contribution is 7.89. The van der Waals surface area contributed by atoms with Crippen LogP contribution in [-0.4, -0.2) is 41.9 Å². The lowest BCUT2D eigenvalue weighted by Gasteiger charge is -2.30. The zero-order chi connectivity index (χ0) is 23.6. The van der Waals surface area contributed by atoms with Crippen LogP contribution in [0.4, 0.5) is 9.52 Å². The second-order valence-electron chi connectivity index (χ2n) is 7.80. The number of anilines is 1. The maximum atomic E-state index is 13.9. The van der Waals surface area contributed by atoms with Crippen molar-refractivity contribution < 1.29 is 22.1 Å². The summed E-state index contributed by atoms with van der Waals surface area (Å²) in [6, 6.07) is 6.13. The quantitative estimate of drug-likeness (QED) is 0.558. The summed E-state index contributed by atoms with van der Waals surface area (Å²) in [5.74, 6) is -1.18. The predicted octanol–water partition coefficient (Wildman–Crippen LogP) is 4.10. The molecule has 174 valence electrons. The molecule has 0 saturated carbocycles. The zero-order valence-corrected chi connectivity index (χ0v) is 19.7. The van der Waals surface area contributed by atoms with Crippen molar-refractivity contribution >= 4 is 44.6 Å². The molecule has 1 amide bonds. The zero-order valence-electron chi connectivity index (χ0n) is 18.1. The highest BCUT2D eigenvalue weighted by atomic mass is 32.2. The summed E-state index contributed by atoms with van der Waals surface area (Å²) in [7, 11) is -3.99. The number of benzene rings is 1. The highest BCUT2D eigenvalue weighted by Gasteiger charge is 2.37. The van der Waals surface area contributed by atoms with Gasteiger partial charge in [0, 0.05) is 24.0 Å². The molecule has 8 nitrogen and oxygen atoms in total. The molecule has 2 aromatic heterocycles. The number of nitrogens with zero attached hydrogens (tertiary/aromatic N) is 3. The van der Waals surface area contributed by atoms with Gasteiger partial charge in [0.05, 0.1) is 11.6 Å². The minimum atomic E-state index is -3.99. The molecule has 11 heteroatoms. The maximum absolute atomic E-state index is 13.9. The molecule has 3 heterocycles. The molecule has 33 heavy (non-hydrogen) atoms. The van der Waals surface area contributed by atoms with Gasteiger partial charge in [0.15, 0.2) is 15.8 Å². The number of aryl methyl sites for hydroxylation is 2. The van der Waals surface area contributed by atoms with E-state index in [-0.39, 0.29) is 35.3 Å². The Morgan fingerprint density at radius 1 is 1.30 bits per heavy atom. The van der Waals surface area contributed by atoms with Crippen molar-refractivity contribution in [3.63, 3.8) is 0 Å². The number of carbonyl (C=O) groups is 1. The van der Waals surface area contributed by atoms with Gasteiger partial charge in [-0.05, 0) is 44.9 Å². The van der Waals surface area contributed by atoms with E-state index in [2.05, 4.69) is 15.5 Å². The Bertz CT molecular complexity index is 1300. The second-order valence-corrected chi connectivity index (χ2v) is 10.5. The normalized spacial score (nSPS) is 17.5. The van der Waals surface area contributed by atoms with Gasteiger partial charge in [-0.2, -0.15) is 4.31 Å². The Balaban J connectivity index is 1.55. The van der Waals surface area contributed by atoms with Crippen molar-refractivity contribution in [1.82, 2.24) is 14.4 Å². The fraction of sp³-hybridized carbons (Fsp3) is 0.318. The van der Waals surface area contributed by atoms with Crippen LogP contribution in [0, 0.1) is 25.6 Å². The number of piperidine rings is 1. The number of carbonyl (C=O) groups excluding carboxylic acids is 1. The Kier molecular flexibility index (Phi) is 6.73. The number of halogens is 1. The monoisotopic (exact) mass is 490 g/mol. The fourth-order valence-corrected chi connectivity index (χ4v) is 6.16. The molecule has 0 unspecified atom stereocenters. The second kappa shape index (κ2) is 9.54. The van der Waals surface area contributed by atoms with Crippen LogP contribution in [0.2, 0.25) is 0 Å². The first-order valence-corrected chi connectivity index (χ1v) is 12.7. The van der Waals surface area contributed by atoms with Gasteiger partial charge in [-0.1, -0.05) is 23.4 Å². The Hall–Kier alpha value is -2.89. The number of sulfonamides is 1. The maximum Gasteiger partial charge on any atom is 0.248 e. The van der Waals surface area contributed by atoms with Gasteiger partial charge in [0.25, 0.3) is 0 Å². The molecular weight excluding hydrogens is 467 g/mol. The average molecular weight is 491 g/mol. The molecule has 1 aliphatic rings. The summed E-state index contributed by atoms with van der Waals surface area (Å²) >= 11 is 1.32. The summed E-state index contributed by atoms with van der Waals surface area (Å²) in [4.78, 5) is 16.9. The van der Waals surface area contributed by atoms with Gasteiger partial charge < -0.3 is 9.84 Å². The lowest BCUT2D eigenvalue weighted by molar-refractivity contribution is -0.120. The topological polar surface area (TPSA) is 105 Å². The lowest BCUT2D eigenvalue weighted by atomic mass is 9.99. The van der Waals surface area contributed by atoms with Gasteiger partial charge >= 0.3 is 0 Å². The summed E-state index contributed by atoms with van der Waals surface area (Å²) < 4.78 is 47.4. The van der Waals surface area contributed by atoms with E-state index in [1.54, 1.807) is 18.2 Å². The van der Waals surface area contributed by atoms with E-state index in [1.165, 1.54) is 40.8 Å². The van der Waals surface area contributed by atoms with Crippen molar-refractivity contribution in [2.75, 3.05) is 18.4 Å². The molecule has 1 aliphatic heterocycles. The van der Waals surface area contributed by atoms with Crippen LogP contribution in [0.5, 0.6) is 0 Å². The fourth-order valence-electron chi connectivity index (χ4n) is 3.70. The predicted molar refractivity (Wildman–Crippen MR) is 124 cm³/mol. The molecular formula is C22H23FN4O4S2. The van der Waals surface area contributed by atoms with Crippen molar-refractivity contribution in [1.29, 1.82) is 0 Å². The Morgan fingerprint density at radius 2 is 2.09 bits per heavy atom. The molecule has 0 bridgehead atoms. The number of amides is 1. The average Bonchev–Trinajstić information content (AvgIpc) is 3.38. The van der Waals surface area contributed by atoms with Gasteiger partial charge in [0.1, 0.15) is 11.5 Å². The summed E-state index contributed by atoms with van der Waals surface area (Å²) in [5.41, 5.74) is 1.30. The molecule has 1 atom stereocenters. The number of hydrogen-bond acceptors (Lipinski definition) is 7. The number of rotatable bonds is 6. The highest BCUT2D eigenvalue weighted by Crippen LogP contribution is 2.30. The molecule has 3 aromatic rings. The van der Waals surface area contributed by atoms with Crippen LogP contribution in [-0.2, 0) is 14.8 Å². The Morgan fingerprint density at radius 3 is 2.82 bits per heavy atom. The van der Waals surface area contributed by atoms with Crippen LogP contribution in [0.25, 0.3) is 12.2 Å². The van der Waals surface area contributed by atoms with E-state index in [4.69, 9.17) is 4.52 Å². The van der Waals surface area contributed by atoms with E-state index in [9.17, 15) is 17.6 Å². The van der Waals surface area contributed by atoms with Gasteiger partial charge in [-0.25, -0.2) is 17.8 Å². The van der Waals surface area contributed by atoms with E-state index >= 15 is 0 Å². The summed E-state index contributed by atoms with van der Waals surface area (Å²) in [6.07, 6.45) is 3.95. The lowest BCUT2D eigenvalue weighted by Crippen LogP contribution is -2.43. The Labute approximate surface area is 195 Å². The van der Waals surface area contributed by atoms with Crippen LogP contribution in [0.3, 0.4) is 0 Å². The molecule has 1 saturated heterocycles. The standard InChI is InChI=1S/C22H23FN4O4S2/c1-14-13-32-22(24-14)25-21(28)17-7-5-11-27(12-17)33(29,30)20-15(2)26-31-19(20)10-9-16-6-3-4-8-18(16)23/h3-4,6,8-10,13,17H,5,7,11-12H2,1-2H3,(H,24,25,28)/b10-9+/t17-/m0/s1. The van der Waals surface area contributed by atoms with E-state index in [1.807, 2.05) is 12.3 Å². The third kappa shape index (κ3) is 5.05. The molecule has 1 fully saturated rings. The summed E-state index contributed by atoms with van der Waals surface area (Å²) in [5, 5.41) is 8.91. The minimum absolute atomic E-state index is 0.0144. The molecule has 1 aromatic carbocycles. The number of nitrogens with one attached hydrogen (secondary N) is 1. The van der Waals surface area contributed by atoms with Gasteiger partial charge in [-0.3, -0.25) is 4.79 Å². The van der Waals surface area contributed by atoms with Crippen molar-refractivity contribution in [2.24, 2.45) is 5.92 Å². The molecule has 0 aliphatic carbocycles. The van der Waals surface area contributed by atoms with E-state index in [0.29, 0.717) is 23.5 Å². The summed E-state index contributed by atoms with van der Waals surface area (Å²) in [6.45, 7) is 3.69. The number of thiazole rings is 1. The third-order valence-electron chi connectivity index (χ3n) is 5.35. The molecule has 4 rings (SSSR count). The van der Waals surface area contributed by atoms with E-state index in [0.717, 1.165) is 5.69 Å². The van der Waals surface area contributed by atoms with Crippen LogP contribution >= 0.6 is 11.3 Å². The van der Waals surface area contributed by atoms with E-state index < -0.39 is 21.8 Å². The van der Waals surface area contributed by atoms with Gasteiger partial charge in [-0.15, -0.1) is 11.3 Å². The van der Waals surface area contributed by atoms with Crippen molar-refractivity contribution in [2.45, 2.75) is 31.6 Å². The van der Waals surface area contributed by atoms with Crippen molar-refractivity contribution in [3.05, 3.63) is 58.2 Å². The van der Waals surface area contributed by atoms with Crippen LogP contribution in [0.1, 0.15) is 35.6 Å². The first kappa shape index (κ1) is 23.3. The third-order valence-corrected chi connectivity index (χ3v) is 8.25. The largest absolute Gasteiger partial charge is 0.355 e. The molecule has 0 spiro atoms. The van der Waals surface area contributed by atoms with Gasteiger partial charge in [0.2, 0.25) is 15.9 Å². The minimum Gasteiger partial charge on any atom is -0.355 e. The van der Waals surface area contributed by atoms with Crippen LogP contribution < -0.4 is 5.32 Å². The number of hydrogen-bond donors (Lipinski definition) is 1. The number of aromatic nitrogens is 2.